The molecule has 0 radical (unpaired) electrons. The number of hydrogen-bond acceptors (Lipinski definition) is 3. The lowest BCUT2D eigenvalue weighted by Gasteiger charge is -2.17. The summed E-state index contributed by atoms with van der Waals surface area (Å²) in [7, 11) is 1.28. The minimum atomic E-state index is -4.32. The van der Waals surface area contributed by atoms with Gasteiger partial charge in [-0.05, 0) is 23.1 Å². The van der Waals surface area contributed by atoms with Crippen LogP contribution in [0.4, 0.5) is 13.2 Å². The van der Waals surface area contributed by atoms with Crippen molar-refractivity contribution in [3.63, 3.8) is 0 Å². The van der Waals surface area contributed by atoms with Gasteiger partial charge in [0.15, 0.2) is 0 Å². The third kappa shape index (κ3) is 5.04. The Kier molecular flexibility index (Phi) is 5.32. The molecule has 0 atom stereocenters. The second-order valence-electron chi connectivity index (χ2n) is 3.97. The molecule has 4 nitrogen and oxygen atoms in total. The molecule has 110 valence electrons. The van der Waals surface area contributed by atoms with Crippen molar-refractivity contribution in [3.05, 3.63) is 28.0 Å². The van der Waals surface area contributed by atoms with Crippen molar-refractivity contribution in [1.29, 1.82) is 0 Å². The van der Waals surface area contributed by atoms with E-state index >= 15 is 0 Å². The Hall–Kier alpha value is -1.83. The maximum atomic E-state index is 12.1. The Morgan fingerprint density at radius 3 is 2.65 bits per heavy atom. The molecule has 0 spiro atoms. The van der Waals surface area contributed by atoms with Gasteiger partial charge in [0.1, 0.15) is 0 Å². The molecule has 0 unspecified atom stereocenters. The van der Waals surface area contributed by atoms with Gasteiger partial charge in [0.2, 0.25) is 0 Å². The van der Waals surface area contributed by atoms with Crippen LogP contribution in [0.1, 0.15) is 21.7 Å². The van der Waals surface area contributed by atoms with E-state index in [1.165, 1.54) is 19.2 Å². The maximum absolute atomic E-state index is 12.1. The third-order valence-electron chi connectivity index (χ3n) is 2.37. The first-order valence-electron chi connectivity index (χ1n) is 5.51. The van der Waals surface area contributed by atoms with Gasteiger partial charge in [-0.1, -0.05) is 0 Å². The molecule has 0 saturated heterocycles. The molecule has 0 aliphatic carbocycles. The van der Waals surface area contributed by atoms with Crippen LogP contribution in [-0.2, 0) is 4.79 Å². The van der Waals surface area contributed by atoms with E-state index < -0.39 is 31.0 Å². The van der Waals surface area contributed by atoms with Gasteiger partial charge >= 0.3 is 12.1 Å². The van der Waals surface area contributed by atoms with Crippen LogP contribution in [-0.4, -0.2) is 41.7 Å². The topological polar surface area (TPSA) is 57.6 Å². The normalized spacial score (nSPS) is 11.8. The first kappa shape index (κ1) is 16.2. The zero-order chi connectivity index (χ0) is 15.3. The predicted molar refractivity (Wildman–Crippen MR) is 68.6 cm³/mol. The summed E-state index contributed by atoms with van der Waals surface area (Å²) in [6.45, 7) is -0.442. The van der Waals surface area contributed by atoms with Crippen LogP contribution in [0.2, 0.25) is 0 Å². The highest BCUT2D eigenvalue weighted by molar-refractivity contribution is 7.12. The zero-order valence-electron chi connectivity index (χ0n) is 10.5. The van der Waals surface area contributed by atoms with E-state index in [2.05, 4.69) is 0 Å². The summed E-state index contributed by atoms with van der Waals surface area (Å²) in [5, 5.41) is 10.1. The van der Waals surface area contributed by atoms with Crippen LogP contribution in [0, 0.1) is 0 Å². The lowest BCUT2D eigenvalue weighted by molar-refractivity contribution is -0.136. The Bertz CT molecular complexity index is 522. The predicted octanol–water partition coefficient (Wildman–Crippen LogP) is 2.87. The van der Waals surface area contributed by atoms with E-state index in [1.54, 1.807) is 5.38 Å². The fraction of sp³-hybridized carbons (Fsp3) is 0.333. The fourth-order valence-electron chi connectivity index (χ4n) is 1.35. The van der Waals surface area contributed by atoms with Crippen LogP contribution in [0.25, 0.3) is 6.08 Å². The number of amides is 1. The summed E-state index contributed by atoms with van der Waals surface area (Å²) in [5.41, 5.74) is 0.376. The Labute approximate surface area is 117 Å². The van der Waals surface area contributed by atoms with Crippen molar-refractivity contribution in [2.45, 2.75) is 12.6 Å². The Morgan fingerprint density at radius 2 is 2.10 bits per heavy atom. The van der Waals surface area contributed by atoms with Crippen LogP contribution < -0.4 is 0 Å². The molecule has 0 aliphatic rings. The molecule has 0 aromatic carbocycles. The highest BCUT2D eigenvalue weighted by atomic mass is 32.1. The fourth-order valence-corrected chi connectivity index (χ4v) is 2.23. The van der Waals surface area contributed by atoms with Crippen molar-refractivity contribution in [2.75, 3.05) is 13.6 Å². The van der Waals surface area contributed by atoms with E-state index in [1.807, 2.05) is 0 Å². The first-order chi connectivity index (χ1) is 9.20. The molecule has 0 fully saturated rings. The molecule has 0 bridgehead atoms. The third-order valence-corrected chi connectivity index (χ3v) is 3.29. The highest BCUT2D eigenvalue weighted by Gasteiger charge is 2.28. The molecule has 0 aliphatic heterocycles. The van der Waals surface area contributed by atoms with E-state index in [9.17, 15) is 22.8 Å². The maximum Gasteiger partial charge on any atom is 0.390 e. The van der Waals surface area contributed by atoms with E-state index in [-0.39, 0.29) is 4.88 Å². The molecule has 1 aromatic heterocycles. The summed E-state index contributed by atoms with van der Waals surface area (Å²) in [4.78, 5) is 23.6. The minimum absolute atomic E-state index is 0.215. The summed E-state index contributed by atoms with van der Waals surface area (Å²) >= 11 is 1.05. The number of thiophene rings is 1. The number of nitrogens with zero attached hydrogens (tertiary/aromatic N) is 1. The molecule has 1 amide bonds. The standard InChI is InChI=1S/C12H12F3NO3S/c1-16(6-5-12(13,14)15)11(19)10-8(4-7-20-10)2-3-9(17)18/h2-4,7H,5-6H2,1H3,(H,17,18). The van der Waals surface area contributed by atoms with Gasteiger partial charge in [-0.3, -0.25) is 4.79 Å². The second-order valence-corrected chi connectivity index (χ2v) is 4.88. The molecule has 1 aromatic rings. The number of hydrogen-bond donors (Lipinski definition) is 1. The zero-order valence-corrected chi connectivity index (χ0v) is 11.3. The van der Waals surface area contributed by atoms with E-state index in [4.69, 9.17) is 5.11 Å². The number of carbonyl (C=O) groups is 2. The first-order valence-corrected chi connectivity index (χ1v) is 6.39. The number of aliphatic carboxylic acids is 1. The van der Waals surface area contributed by atoms with Gasteiger partial charge in [0.25, 0.3) is 5.91 Å². The number of carbonyl (C=O) groups excluding carboxylic acids is 1. The molecule has 1 N–H and O–H groups in total. The number of carboxylic acid groups (broad SMARTS) is 1. The summed E-state index contributed by atoms with van der Waals surface area (Å²) in [5.74, 6) is -1.73. The van der Waals surface area contributed by atoms with Crippen molar-refractivity contribution in [3.8, 4) is 0 Å². The molecular weight excluding hydrogens is 295 g/mol. The number of halogens is 3. The van der Waals surface area contributed by atoms with Gasteiger partial charge in [-0.15, -0.1) is 11.3 Å². The number of carboxylic acids is 1. The van der Waals surface area contributed by atoms with Crippen molar-refractivity contribution in [2.24, 2.45) is 0 Å². The van der Waals surface area contributed by atoms with Crippen LogP contribution >= 0.6 is 11.3 Å². The molecule has 20 heavy (non-hydrogen) atoms. The lowest BCUT2D eigenvalue weighted by Crippen LogP contribution is -2.30. The largest absolute Gasteiger partial charge is 0.478 e. The molecule has 1 rings (SSSR count). The SMILES string of the molecule is CN(CCC(F)(F)F)C(=O)c1sccc1C=CC(=O)O. The minimum Gasteiger partial charge on any atom is -0.478 e. The molecule has 8 heteroatoms. The summed E-state index contributed by atoms with van der Waals surface area (Å²) < 4.78 is 36.3. The average Bonchev–Trinajstić information content (AvgIpc) is 2.79. The smallest absolute Gasteiger partial charge is 0.390 e. The van der Waals surface area contributed by atoms with Gasteiger partial charge in [0, 0.05) is 19.7 Å². The van der Waals surface area contributed by atoms with Gasteiger partial charge in [-0.25, -0.2) is 4.79 Å². The second kappa shape index (κ2) is 6.56. The molecular formula is C12H12F3NO3S. The van der Waals surface area contributed by atoms with E-state index in [0.29, 0.717) is 5.56 Å². The summed E-state index contributed by atoms with van der Waals surface area (Å²) in [6.07, 6.45) is -3.30. The quantitative estimate of drug-likeness (QED) is 0.851. The van der Waals surface area contributed by atoms with Crippen molar-refractivity contribution >= 4 is 29.3 Å². The van der Waals surface area contributed by atoms with Crippen LogP contribution in [0.15, 0.2) is 17.5 Å². The van der Waals surface area contributed by atoms with Crippen molar-refractivity contribution < 1.29 is 27.9 Å². The number of rotatable bonds is 5. The molecule has 0 saturated carbocycles. The molecule has 1 heterocycles. The van der Waals surface area contributed by atoms with Crippen LogP contribution in [0.3, 0.4) is 0 Å². The van der Waals surface area contributed by atoms with Crippen molar-refractivity contribution in [1.82, 2.24) is 4.90 Å². The summed E-state index contributed by atoms with van der Waals surface area (Å²) in [6, 6.07) is 1.54. The number of alkyl halides is 3. The Morgan fingerprint density at radius 1 is 1.45 bits per heavy atom. The van der Waals surface area contributed by atoms with E-state index in [0.717, 1.165) is 22.3 Å². The van der Waals surface area contributed by atoms with Gasteiger partial charge in [0.05, 0.1) is 11.3 Å². The van der Waals surface area contributed by atoms with Gasteiger partial charge in [-0.2, -0.15) is 13.2 Å². The average molecular weight is 307 g/mol. The highest BCUT2D eigenvalue weighted by Crippen LogP contribution is 2.23. The van der Waals surface area contributed by atoms with Crippen LogP contribution in [0.5, 0.6) is 0 Å². The van der Waals surface area contributed by atoms with Gasteiger partial charge < -0.3 is 10.0 Å². The lowest BCUT2D eigenvalue weighted by atomic mass is 10.2. The monoisotopic (exact) mass is 307 g/mol. The Balaban J connectivity index is 2.77.